The molecule has 0 aromatic rings. The molecule has 0 aromatic heterocycles. The molecule has 0 radical (unpaired) electrons. The second-order valence-corrected chi connectivity index (χ2v) is 8.34. The summed E-state index contributed by atoms with van der Waals surface area (Å²) in [5, 5.41) is 20.3. The first-order valence-corrected chi connectivity index (χ1v) is 9.62. The number of aliphatic hydroxyl groups excluding tert-OH is 2. The van der Waals surface area contributed by atoms with Gasteiger partial charge in [-0.25, -0.2) is 0 Å². The number of halogens is 3. The highest BCUT2D eigenvalue weighted by Gasteiger charge is 2.39. The van der Waals surface area contributed by atoms with Crippen LogP contribution in [0.4, 0.5) is 0 Å². The van der Waals surface area contributed by atoms with Crippen LogP contribution in [-0.4, -0.2) is 39.5 Å². The number of aliphatic hydroxyl groups is 2. The zero-order valence-electron chi connectivity index (χ0n) is 12.5. The van der Waals surface area contributed by atoms with Gasteiger partial charge in [-0.1, -0.05) is 57.0 Å². The summed E-state index contributed by atoms with van der Waals surface area (Å²) in [5.74, 6) is 0. The molecule has 0 aliphatic carbocycles. The predicted molar refractivity (Wildman–Crippen MR) is 101 cm³/mol. The molecule has 1 heterocycles. The van der Waals surface area contributed by atoms with Gasteiger partial charge >= 0.3 is 0 Å². The highest BCUT2D eigenvalue weighted by molar-refractivity contribution is 9.12. The Morgan fingerprint density at radius 2 is 2.14 bits per heavy atom. The summed E-state index contributed by atoms with van der Waals surface area (Å²) in [7, 11) is 0. The van der Waals surface area contributed by atoms with Gasteiger partial charge in [0.2, 0.25) is 0 Å². The van der Waals surface area contributed by atoms with Crippen LogP contribution in [-0.2, 0) is 4.74 Å². The molecule has 5 atom stereocenters. The molecule has 3 nitrogen and oxygen atoms in total. The van der Waals surface area contributed by atoms with E-state index >= 15 is 0 Å². The Kier molecular flexibility index (Phi) is 9.48. The SMILES string of the molecule is CC/C(Br)=C\C=C\[C@@H](O)[C@H](Br)[C@@H]1O[C@@H](C=C=C(C)Br)C[C@@H]1O. The Morgan fingerprint density at radius 1 is 1.45 bits per heavy atom. The average Bonchev–Trinajstić information content (AvgIpc) is 2.84. The maximum absolute atomic E-state index is 10.2. The Morgan fingerprint density at radius 3 is 2.73 bits per heavy atom. The van der Waals surface area contributed by atoms with E-state index in [-0.39, 0.29) is 10.9 Å². The van der Waals surface area contributed by atoms with Crippen LogP contribution in [0, 0.1) is 0 Å². The van der Waals surface area contributed by atoms with Crippen molar-refractivity contribution in [2.24, 2.45) is 0 Å². The fourth-order valence-corrected chi connectivity index (χ4v) is 2.95. The van der Waals surface area contributed by atoms with Crippen LogP contribution in [0.2, 0.25) is 0 Å². The maximum atomic E-state index is 10.2. The van der Waals surface area contributed by atoms with Crippen molar-refractivity contribution in [1.82, 2.24) is 0 Å². The molecule has 1 rings (SSSR count). The van der Waals surface area contributed by atoms with Gasteiger partial charge in [-0.3, -0.25) is 0 Å². The molecule has 2 N–H and O–H groups in total. The van der Waals surface area contributed by atoms with Gasteiger partial charge in [0.25, 0.3) is 0 Å². The normalized spacial score (nSPS) is 28.5. The van der Waals surface area contributed by atoms with E-state index in [0.29, 0.717) is 6.42 Å². The number of alkyl halides is 1. The zero-order chi connectivity index (χ0) is 16.7. The van der Waals surface area contributed by atoms with E-state index in [2.05, 4.69) is 53.5 Å². The van der Waals surface area contributed by atoms with Crippen molar-refractivity contribution in [3.63, 3.8) is 0 Å². The zero-order valence-corrected chi connectivity index (χ0v) is 17.3. The van der Waals surface area contributed by atoms with Gasteiger partial charge in [0, 0.05) is 10.9 Å². The molecule has 1 aliphatic heterocycles. The first kappa shape index (κ1) is 20.4. The lowest BCUT2D eigenvalue weighted by molar-refractivity contribution is 0.00626. The molecule has 6 heteroatoms. The summed E-state index contributed by atoms with van der Waals surface area (Å²) in [6.45, 7) is 3.92. The summed E-state index contributed by atoms with van der Waals surface area (Å²) in [6, 6.07) is 0. The minimum absolute atomic E-state index is 0.196. The van der Waals surface area contributed by atoms with E-state index in [1.807, 2.05) is 19.9 Å². The minimum Gasteiger partial charge on any atom is -0.390 e. The Bertz CT molecular complexity index is 477. The second-order valence-electron chi connectivity index (χ2n) is 5.07. The Hall–Kier alpha value is 0.320. The monoisotopic (exact) mass is 498 g/mol. The van der Waals surface area contributed by atoms with Gasteiger partial charge in [-0.2, -0.15) is 0 Å². The molecule has 0 saturated carbocycles. The first-order chi connectivity index (χ1) is 10.3. The van der Waals surface area contributed by atoms with E-state index in [0.717, 1.165) is 15.4 Å². The quantitative estimate of drug-likeness (QED) is 0.324. The third kappa shape index (κ3) is 6.83. The van der Waals surface area contributed by atoms with Crippen LogP contribution in [0.1, 0.15) is 26.7 Å². The summed E-state index contributed by atoms with van der Waals surface area (Å²) >= 11 is 10.1. The first-order valence-electron chi connectivity index (χ1n) is 7.12. The van der Waals surface area contributed by atoms with Gasteiger partial charge in [-0.15, -0.1) is 5.73 Å². The predicted octanol–water partition coefficient (Wildman–Crippen LogP) is 4.33. The van der Waals surface area contributed by atoms with Crippen molar-refractivity contribution in [3.05, 3.63) is 39.0 Å². The van der Waals surface area contributed by atoms with Crippen LogP contribution in [0.5, 0.6) is 0 Å². The molecule has 0 amide bonds. The van der Waals surface area contributed by atoms with Gasteiger partial charge in [0.05, 0.1) is 29.2 Å². The smallest absolute Gasteiger partial charge is 0.0996 e. The molecule has 1 fully saturated rings. The molecule has 1 aliphatic rings. The molecule has 0 aromatic carbocycles. The van der Waals surface area contributed by atoms with Crippen molar-refractivity contribution < 1.29 is 14.9 Å². The van der Waals surface area contributed by atoms with Gasteiger partial charge in [0.1, 0.15) is 0 Å². The van der Waals surface area contributed by atoms with Crippen LogP contribution in [0.3, 0.4) is 0 Å². The molecule has 0 bridgehead atoms. The second kappa shape index (κ2) is 10.2. The van der Waals surface area contributed by atoms with Gasteiger partial charge < -0.3 is 14.9 Å². The Labute approximate surface area is 157 Å². The van der Waals surface area contributed by atoms with Crippen molar-refractivity contribution in [3.8, 4) is 0 Å². The number of rotatable bonds is 6. The van der Waals surface area contributed by atoms with E-state index in [9.17, 15) is 10.2 Å². The molecular formula is C16H21Br3O3. The summed E-state index contributed by atoms with van der Waals surface area (Å²) in [4.78, 5) is -0.375. The summed E-state index contributed by atoms with van der Waals surface area (Å²) in [6.07, 6.45) is 6.53. The molecule has 0 unspecified atom stereocenters. The highest BCUT2D eigenvalue weighted by Crippen LogP contribution is 2.29. The van der Waals surface area contributed by atoms with Gasteiger partial charge in [-0.05, 0) is 39.8 Å². The largest absolute Gasteiger partial charge is 0.390 e. The lowest BCUT2D eigenvalue weighted by Gasteiger charge is -2.23. The average molecular weight is 501 g/mol. The van der Waals surface area contributed by atoms with Crippen LogP contribution in [0.15, 0.2) is 39.0 Å². The number of ether oxygens (including phenoxy) is 1. The lowest BCUT2D eigenvalue weighted by atomic mass is 10.0. The molecule has 0 spiro atoms. The number of hydrogen-bond acceptors (Lipinski definition) is 3. The topological polar surface area (TPSA) is 49.7 Å². The standard InChI is InChI=1S/C16H21Br3O3/c1-3-11(18)5-4-6-13(20)15(19)16-14(21)9-12(22-16)8-7-10(2)17/h4-6,8,12-16,20-21H,3,9H2,1-2H3/b6-4+,11-5+/t7?,12-,13+,14-,15-,16+/m0/s1. The third-order valence-electron chi connectivity index (χ3n) is 3.22. The third-order valence-corrected chi connectivity index (χ3v) is 5.33. The summed E-state index contributed by atoms with van der Waals surface area (Å²) < 4.78 is 7.72. The molecule has 22 heavy (non-hydrogen) atoms. The molecular weight excluding hydrogens is 480 g/mol. The van der Waals surface area contributed by atoms with Crippen molar-refractivity contribution in [2.45, 2.75) is 55.9 Å². The summed E-state index contributed by atoms with van der Waals surface area (Å²) in [5.41, 5.74) is 3.02. The van der Waals surface area contributed by atoms with E-state index in [1.165, 1.54) is 0 Å². The van der Waals surface area contributed by atoms with E-state index < -0.39 is 18.3 Å². The highest BCUT2D eigenvalue weighted by atomic mass is 79.9. The number of allylic oxidation sites excluding steroid dienone is 3. The van der Waals surface area contributed by atoms with Crippen LogP contribution >= 0.6 is 47.8 Å². The van der Waals surface area contributed by atoms with Crippen molar-refractivity contribution in [1.29, 1.82) is 0 Å². The lowest BCUT2D eigenvalue weighted by Crippen LogP contribution is -2.37. The number of hydrogen-bond donors (Lipinski definition) is 2. The molecule has 124 valence electrons. The fraction of sp³-hybridized carbons (Fsp3) is 0.562. The minimum atomic E-state index is -0.746. The van der Waals surface area contributed by atoms with Crippen LogP contribution in [0.25, 0.3) is 0 Å². The molecule has 1 saturated heterocycles. The van der Waals surface area contributed by atoms with Crippen molar-refractivity contribution in [2.75, 3.05) is 0 Å². The Balaban J connectivity index is 2.65. The van der Waals surface area contributed by atoms with Crippen LogP contribution < -0.4 is 0 Å². The van der Waals surface area contributed by atoms with Gasteiger partial charge in [0.15, 0.2) is 0 Å². The maximum Gasteiger partial charge on any atom is 0.0996 e. The fourth-order valence-electron chi connectivity index (χ4n) is 2.01. The van der Waals surface area contributed by atoms with Crippen molar-refractivity contribution >= 4 is 47.8 Å². The van der Waals surface area contributed by atoms with E-state index in [4.69, 9.17) is 4.74 Å². The van der Waals surface area contributed by atoms with E-state index in [1.54, 1.807) is 18.2 Å².